The molecule has 0 aliphatic carbocycles. The minimum absolute atomic E-state index is 0.151. The molecule has 1 aromatic rings. The summed E-state index contributed by atoms with van der Waals surface area (Å²) in [6.45, 7) is 0. The molecule has 1 aliphatic rings. The smallest absolute Gasteiger partial charge is 0.228 e. The zero-order valence-corrected chi connectivity index (χ0v) is 10.6. The molecule has 1 aliphatic heterocycles. The Labute approximate surface area is 102 Å². The molecule has 1 aromatic carbocycles. The monoisotopic (exact) mass is 285 g/mol. The van der Waals surface area contributed by atoms with Crippen LogP contribution in [0.4, 0.5) is 5.69 Å². The highest BCUT2D eigenvalue weighted by atomic mass is 79.9. The number of nitrogens with one attached hydrogen (secondary N) is 1. The quantitative estimate of drug-likeness (QED) is 0.905. The lowest BCUT2D eigenvalue weighted by molar-refractivity contribution is -0.119. The summed E-state index contributed by atoms with van der Waals surface area (Å²) in [6, 6.07) is 7.69. The third-order valence-corrected chi connectivity index (χ3v) is 4.05. The first-order valence-corrected chi connectivity index (χ1v) is 6.84. The second kappa shape index (κ2) is 5.03. The van der Waals surface area contributed by atoms with Crippen molar-refractivity contribution in [2.75, 3.05) is 16.8 Å². The number of halogens is 1. The van der Waals surface area contributed by atoms with Crippen LogP contribution in [0.2, 0.25) is 0 Å². The van der Waals surface area contributed by atoms with Crippen LogP contribution in [-0.4, -0.2) is 17.4 Å². The fourth-order valence-electron chi connectivity index (χ4n) is 1.55. The van der Waals surface area contributed by atoms with Crippen LogP contribution in [-0.2, 0) is 4.79 Å². The minimum atomic E-state index is 0.151. The van der Waals surface area contributed by atoms with E-state index in [0.717, 1.165) is 28.1 Å². The van der Waals surface area contributed by atoms with Crippen LogP contribution in [0.25, 0.3) is 0 Å². The molecule has 1 amide bonds. The summed E-state index contributed by atoms with van der Waals surface area (Å²) < 4.78 is 0.987. The largest absolute Gasteiger partial charge is 0.326 e. The van der Waals surface area contributed by atoms with E-state index in [1.165, 1.54) is 0 Å². The molecule has 1 fully saturated rings. The summed E-state index contributed by atoms with van der Waals surface area (Å²) >= 11 is 5.23. The molecule has 0 saturated carbocycles. The standard InChI is InChI=1S/C11H12BrNOS/c12-9-2-1-3-10(6-9)13-11(14)8-4-5-15-7-8/h1-3,6,8H,4-5,7H2,(H,13,14). The van der Waals surface area contributed by atoms with Gasteiger partial charge in [-0.05, 0) is 30.4 Å². The van der Waals surface area contributed by atoms with Gasteiger partial charge in [0.1, 0.15) is 0 Å². The van der Waals surface area contributed by atoms with E-state index in [9.17, 15) is 4.79 Å². The molecule has 1 atom stereocenters. The lowest BCUT2D eigenvalue weighted by Gasteiger charge is -2.09. The van der Waals surface area contributed by atoms with E-state index in [1.807, 2.05) is 36.0 Å². The highest BCUT2D eigenvalue weighted by Gasteiger charge is 2.22. The van der Waals surface area contributed by atoms with Gasteiger partial charge in [0.2, 0.25) is 5.91 Å². The van der Waals surface area contributed by atoms with Crippen molar-refractivity contribution < 1.29 is 4.79 Å². The number of thioether (sulfide) groups is 1. The molecule has 80 valence electrons. The van der Waals surface area contributed by atoms with Gasteiger partial charge >= 0.3 is 0 Å². The van der Waals surface area contributed by atoms with Crippen molar-refractivity contribution in [3.8, 4) is 0 Å². The molecule has 0 bridgehead atoms. The number of amides is 1. The Kier molecular flexibility index (Phi) is 3.70. The fourth-order valence-corrected chi connectivity index (χ4v) is 3.17. The van der Waals surface area contributed by atoms with E-state index < -0.39 is 0 Å². The van der Waals surface area contributed by atoms with Crippen LogP contribution in [0, 0.1) is 5.92 Å². The molecule has 15 heavy (non-hydrogen) atoms. The lowest BCUT2D eigenvalue weighted by atomic mass is 10.1. The number of anilines is 1. The van der Waals surface area contributed by atoms with E-state index in [2.05, 4.69) is 21.2 Å². The van der Waals surface area contributed by atoms with Crippen LogP contribution < -0.4 is 5.32 Å². The number of carbonyl (C=O) groups is 1. The summed E-state index contributed by atoms with van der Waals surface area (Å²) in [5.41, 5.74) is 0.867. The van der Waals surface area contributed by atoms with Gasteiger partial charge in [-0.1, -0.05) is 22.0 Å². The molecule has 2 nitrogen and oxygen atoms in total. The number of rotatable bonds is 2. The van der Waals surface area contributed by atoms with Crippen molar-refractivity contribution in [2.24, 2.45) is 5.92 Å². The normalized spacial score (nSPS) is 20.2. The molecular formula is C11H12BrNOS. The molecule has 0 spiro atoms. The molecular weight excluding hydrogens is 274 g/mol. The Morgan fingerprint density at radius 2 is 2.40 bits per heavy atom. The zero-order valence-electron chi connectivity index (χ0n) is 8.20. The van der Waals surface area contributed by atoms with Crippen molar-refractivity contribution in [3.05, 3.63) is 28.7 Å². The van der Waals surface area contributed by atoms with Gasteiger partial charge < -0.3 is 5.32 Å². The Balaban J connectivity index is 1.99. The molecule has 1 unspecified atom stereocenters. The summed E-state index contributed by atoms with van der Waals surface area (Å²) in [5.74, 6) is 2.41. The van der Waals surface area contributed by atoms with Crippen molar-refractivity contribution in [3.63, 3.8) is 0 Å². The number of carbonyl (C=O) groups excluding carboxylic acids is 1. The Hall–Kier alpha value is -0.480. The highest BCUT2D eigenvalue weighted by Crippen LogP contribution is 2.25. The average Bonchev–Trinajstić information content (AvgIpc) is 2.70. The van der Waals surface area contributed by atoms with E-state index in [0.29, 0.717) is 0 Å². The van der Waals surface area contributed by atoms with Crippen molar-refractivity contribution in [1.29, 1.82) is 0 Å². The first-order valence-electron chi connectivity index (χ1n) is 4.90. The zero-order chi connectivity index (χ0) is 10.7. The van der Waals surface area contributed by atoms with Gasteiger partial charge in [0, 0.05) is 21.8 Å². The lowest BCUT2D eigenvalue weighted by Crippen LogP contribution is -2.22. The van der Waals surface area contributed by atoms with Gasteiger partial charge in [0.15, 0.2) is 0 Å². The number of hydrogen-bond donors (Lipinski definition) is 1. The average molecular weight is 286 g/mol. The first kappa shape index (κ1) is 11.0. The van der Waals surface area contributed by atoms with Crippen LogP contribution in [0.1, 0.15) is 6.42 Å². The molecule has 4 heteroatoms. The van der Waals surface area contributed by atoms with E-state index in [1.54, 1.807) is 0 Å². The minimum Gasteiger partial charge on any atom is -0.326 e. The molecule has 2 rings (SSSR count). The van der Waals surface area contributed by atoms with Gasteiger partial charge in [-0.15, -0.1) is 0 Å². The van der Waals surface area contributed by atoms with E-state index in [4.69, 9.17) is 0 Å². The highest BCUT2D eigenvalue weighted by molar-refractivity contribution is 9.10. The molecule has 0 aromatic heterocycles. The molecule has 1 saturated heterocycles. The SMILES string of the molecule is O=C(Nc1cccc(Br)c1)C1CCSC1. The van der Waals surface area contributed by atoms with Crippen molar-refractivity contribution in [2.45, 2.75) is 6.42 Å². The van der Waals surface area contributed by atoms with Gasteiger partial charge in [0.25, 0.3) is 0 Å². The third-order valence-electron chi connectivity index (χ3n) is 2.39. The number of hydrogen-bond acceptors (Lipinski definition) is 2. The topological polar surface area (TPSA) is 29.1 Å². The maximum absolute atomic E-state index is 11.8. The Bertz CT molecular complexity index is 363. The summed E-state index contributed by atoms with van der Waals surface area (Å²) in [4.78, 5) is 11.8. The van der Waals surface area contributed by atoms with Crippen LogP contribution >= 0.6 is 27.7 Å². The first-order chi connectivity index (χ1) is 7.25. The van der Waals surface area contributed by atoms with Crippen LogP contribution in [0.3, 0.4) is 0 Å². The predicted molar refractivity (Wildman–Crippen MR) is 68.2 cm³/mol. The van der Waals surface area contributed by atoms with Gasteiger partial charge in [-0.2, -0.15) is 11.8 Å². The third kappa shape index (κ3) is 2.98. The van der Waals surface area contributed by atoms with E-state index >= 15 is 0 Å². The van der Waals surface area contributed by atoms with E-state index in [-0.39, 0.29) is 11.8 Å². The molecule has 0 radical (unpaired) electrons. The van der Waals surface area contributed by atoms with Crippen molar-refractivity contribution >= 4 is 39.3 Å². The second-order valence-corrected chi connectivity index (χ2v) is 5.63. The number of benzene rings is 1. The fraction of sp³-hybridized carbons (Fsp3) is 0.364. The van der Waals surface area contributed by atoms with Gasteiger partial charge in [-0.25, -0.2) is 0 Å². The van der Waals surface area contributed by atoms with Crippen LogP contribution in [0.15, 0.2) is 28.7 Å². The summed E-state index contributed by atoms with van der Waals surface area (Å²) in [5, 5.41) is 2.94. The molecule has 1 N–H and O–H groups in total. The maximum Gasteiger partial charge on any atom is 0.228 e. The van der Waals surface area contributed by atoms with Crippen molar-refractivity contribution in [1.82, 2.24) is 0 Å². The second-order valence-electron chi connectivity index (χ2n) is 3.56. The molecule has 1 heterocycles. The summed E-state index contributed by atoms with van der Waals surface area (Å²) in [7, 11) is 0. The maximum atomic E-state index is 11.8. The van der Waals surface area contributed by atoms with Gasteiger partial charge in [0.05, 0.1) is 0 Å². The summed E-state index contributed by atoms with van der Waals surface area (Å²) in [6.07, 6.45) is 1.00. The Morgan fingerprint density at radius 3 is 3.07 bits per heavy atom. The predicted octanol–water partition coefficient (Wildman–Crippen LogP) is 3.14. The Morgan fingerprint density at radius 1 is 1.53 bits per heavy atom. The van der Waals surface area contributed by atoms with Gasteiger partial charge in [-0.3, -0.25) is 4.79 Å². The van der Waals surface area contributed by atoms with Crippen LogP contribution in [0.5, 0.6) is 0 Å².